The second-order valence-corrected chi connectivity index (χ2v) is 6.62. The summed E-state index contributed by atoms with van der Waals surface area (Å²) < 4.78 is 0. The first-order chi connectivity index (χ1) is 9.20. The summed E-state index contributed by atoms with van der Waals surface area (Å²) in [6, 6.07) is 0.588. The summed E-state index contributed by atoms with van der Waals surface area (Å²) in [6.07, 6.45) is 14.7. The average molecular weight is 264 g/mol. The summed E-state index contributed by atoms with van der Waals surface area (Å²) in [6.45, 7) is 3.42. The molecule has 110 valence electrons. The number of allylic oxidation sites excluding steroid dienone is 1. The fourth-order valence-corrected chi connectivity index (χ4v) is 4.06. The lowest BCUT2D eigenvalue weighted by Gasteiger charge is -2.45. The highest BCUT2D eigenvalue weighted by atomic mass is 15.2. The van der Waals surface area contributed by atoms with Crippen LogP contribution in [0.4, 0.5) is 0 Å². The summed E-state index contributed by atoms with van der Waals surface area (Å²) >= 11 is 0. The van der Waals surface area contributed by atoms with Gasteiger partial charge in [0.05, 0.1) is 0 Å². The minimum atomic E-state index is 0.373. The molecule has 0 aromatic carbocycles. The summed E-state index contributed by atoms with van der Waals surface area (Å²) in [7, 11) is 4.57. The van der Waals surface area contributed by atoms with E-state index in [1.54, 1.807) is 5.57 Å². The number of hydrogen-bond acceptors (Lipinski definition) is 2. The molecule has 0 bridgehead atoms. The Balaban J connectivity index is 2.21. The van der Waals surface area contributed by atoms with Crippen molar-refractivity contribution in [3.63, 3.8) is 0 Å². The average Bonchev–Trinajstić information content (AvgIpc) is 2.91. The molecule has 2 heteroatoms. The van der Waals surface area contributed by atoms with E-state index in [0.29, 0.717) is 11.6 Å². The van der Waals surface area contributed by atoms with Crippen LogP contribution in [0.15, 0.2) is 11.6 Å². The SMILES string of the molecule is CCCNC(C1=CCCCC1)C1(N(C)C)CCCC1. The monoisotopic (exact) mass is 264 g/mol. The molecular formula is C17H32N2. The molecule has 1 N–H and O–H groups in total. The number of nitrogens with one attached hydrogen (secondary N) is 1. The molecule has 0 spiro atoms. The lowest BCUT2D eigenvalue weighted by atomic mass is 9.78. The molecule has 1 saturated carbocycles. The van der Waals surface area contributed by atoms with Crippen LogP contribution in [0.2, 0.25) is 0 Å². The van der Waals surface area contributed by atoms with Crippen LogP contribution >= 0.6 is 0 Å². The van der Waals surface area contributed by atoms with Gasteiger partial charge in [0.15, 0.2) is 0 Å². The summed E-state index contributed by atoms with van der Waals surface area (Å²) in [5.74, 6) is 0. The van der Waals surface area contributed by atoms with Gasteiger partial charge in [0.2, 0.25) is 0 Å². The smallest absolute Gasteiger partial charge is 0.0466 e. The van der Waals surface area contributed by atoms with Crippen molar-refractivity contribution < 1.29 is 0 Å². The number of nitrogens with zero attached hydrogens (tertiary/aromatic N) is 1. The van der Waals surface area contributed by atoms with Gasteiger partial charge in [-0.05, 0) is 65.6 Å². The number of hydrogen-bond donors (Lipinski definition) is 1. The minimum Gasteiger partial charge on any atom is -0.309 e. The molecule has 0 heterocycles. The van der Waals surface area contributed by atoms with Gasteiger partial charge in [-0.2, -0.15) is 0 Å². The molecule has 2 rings (SSSR count). The molecule has 1 atom stereocenters. The first-order valence-corrected chi connectivity index (χ1v) is 8.30. The highest BCUT2D eigenvalue weighted by Gasteiger charge is 2.44. The van der Waals surface area contributed by atoms with E-state index in [4.69, 9.17) is 0 Å². The van der Waals surface area contributed by atoms with Gasteiger partial charge in [0, 0.05) is 11.6 Å². The minimum absolute atomic E-state index is 0.373. The molecule has 0 aromatic heterocycles. The van der Waals surface area contributed by atoms with E-state index in [0.717, 1.165) is 6.54 Å². The number of rotatable bonds is 6. The van der Waals surface area contributed by atoms with Gasteiger partial charge in [0.25, 0.3) is 0 Å². The van der Waals surface area contributed by atoms with E-state index < -0.39 is 0 Å². The van der Waals surface area contributed by atoms with Crippen LogP contribution in [0.25, 0.3) is 0 Å². The standard InChI is InChI=1S/C17H32N2/c1-4-14-18-16(15-10-6-5-7-11-15)17(19(2)3)12-8-9-13-17/h10,16,18H,4-9,11-14H2,1-3H3. The molecule has 2 aliphatic rings. The van der Waals surface area contributed by atoms with E-state index in [1.165, 1.54) is 57.8 Å². The summed E-state index contributed by atoms with van der Waals surface area (Å²) in [4.78, 5) is 2.52. The Morgan fingerprint density at radius 2 is 1.95 bits per heavy atom. The van der Waals surface area contributed by atoms with Gasteiger partial charge in [-0.3, -0.25) is 0 Å². The van der Waals surface area contributed by atoms with E-state index in [1.807, 2.05) is 0 Å². The zero-order valence-corrected chi connectivity index (χ0v) is 13.2. The molecule has 2 nitrogen and oxygen atoms in total. The number of likely N-dealkylation sites (N-methyl/N-ethyl adjacent to an activating group) is 1. The van der Waals surface area contributed by atoms with Crippen molar-refractivity contribution in [3.05, 3.63) is 11.6 Å². The van der Waals surface area contributed by atoms with Crippen molar-refractivity contribution in [2.24, 2.45) is 0 Å². The topological polar surface area (TPSA) is 15.3 Å². The third-order valence-corrected chi connectivity index (χ3v) is 5.19. The maximum absolute atomic E-state index is 3.89. The Morgan fingerprint density at radius 1 is 1.21 bits per heavy atom. The van der Waals surface area contributed by atoms with Gasteiger partial charge >= 0.3 is 0 Å². The largest absolute Gasteiger partial charge is 0.309 e. The lowest BCUT2D eigenvalue weighted by molar-refractivity contribution is 0.117. The van der Waals surface area contributed by atoms with Gasteiger partial charge in [0.1, 0.15) is 0 Å². The van der Waals surface area contributed by atoms with Crippen LogP contribution < -0.4 is 5.32 Å². The Hall–Kier alpha value is -0.340. The molecule has 19 heavy (non-hydrogen) atoms. The molecule has 1 unspecified atom stereocenters. The van der Waals surface area contributed by atoms with Crippen molar-refractivity contribution in [1.29, 1.82) is 0 Å². The zero-order chi connectivity index (χ0) is 13.7. The van der Waals surface area contributed by atoms with E-state index >= 15 is 0 Å². The highest BCUT2D eigenvalue weighted by molar-refractivity contribution is 5.22. The molecule has 0 aliphatic heterocycles. The van der Waals surface area contributed by atoms with Crippen LogP contribution in [0, 0.1) is 0 Å². The first kappa shape index (κ1) is 15.1. The van der Waals surface area contributed by atoms with Crippen molar-refractivity contribution >= 4 is 0 Å². The van der Waals surface area contributed by atoms with Crippen molar-refractivity contribution in [1.82, 2.24) is 10.2 Å². The van der Waals surface area contributed by atoms with E-state index in [2.05, 4.69) is 37.3 Å². The third kappa shape index (κ3) is 3.22. The molecule has 0 amide bonds. The second kappa shape index (κ2) is 6.90. The van der Waals surface area contributed by atoms with Crippen LogP contribution in [0.3, 0.4) is 0 Å². The molecular weight excluding hydrogens is 232 g/mol. The Labute approximate surface area is 119 Å². The molecule has 0 saturated heterocycles. The van der Waals surface area contributed by atoms with Crippen molar-refractivity contribution in [3.8, 4) is 0 Å². The van der Waals surface area contributed by atoms with Crippen molar-refractivity contribution in [2.75, 3.05) is 20.6 Å². The van der Waals surface area contributed by atoms with Crippen LogP contribution in [-0.4, -0.2) is 37.1 Å². The highest BCUT2D eigenvalue weighted by Crippen LogP contribution is 2.40. The molecule has 1 fully saturated rings. The van der Waals surface area contributed by atoms with Gasteiger partial charge < -0.3 is 10.2 Å². The summed E-state index contributed by atoms with van der Waals surface area (Å²) in [5, 5.41) is 3.89. The quantitative estimate of drug-likeness (QED) is 0.735. The molecule has 0 radical (unpaired) electrons. The van der Waals surface area contributed by atoms with Crippen molar-refractivity contribution in [2.45, 2.75) is 76.3 Å². The van der Waals surface area contributed by atoms with Crippen LogP contribution in [0.5, 0.6) is 0 Å². The van der Waals surface area contributed by atoms with Gasteiger partial charge in [-0.15, -0.1) is 0 Å². The third-order valence-electron chi connectivity index (χ3n) is 5.19. The Kier molecular flexibility index (Phi) is 5.47. The molecule has 0 aromatic rings. The molecule has 2 aliphatic carbocycles. The predicted octanol–water partition coefficient (Wildman–Crippen LogP) is 3.73. The van der Waals surface area contributed by atoms with Crippen LogP contribution in [0.1, 0.15) is 64.7 Å². The Bertz CT molecular complexity index is 300. The Morgan fingerprint density at radius 3 is 2.47 bits per heavy atom. The lowest BCUT2D eigenvalue weighted by Crippen LogP contribution is -2.58. The normalized spacial score (nSPS) is 24.5. The van der Waals surface area contributed by atoms with E-state index in [-0.39, 0.29) is 0 Å². The fourth-order valence-electron chi connectivity index (χ4n) is 4.06. The fraction of sp³-hybridized carbons (Fsp3) is 0.882. The van der Waals surface area contributed by atoms with Crippen LogP contribution in [-0.2, 0) is 0 Å². The maximum atomic E-state index is 3.89. The second-order valence-electron chi connectivity index (χ2n) is 6.62. The maximum Gasteiger partial charge on any atom is 0.0466 e. The van der Waals surface area contributed by atoms with Gasteiger partial charge in [-0.25, -0.2) is 0 Å². The van der Waals surface area contributed by atoms with E-state index in [9.17, 15) is 0 Å². The first-order valence-electron chi connectivity index (χ1n) is 8.30. The summed E-state index contributed by atoms with van der Waals surface area (Å²) in [5.41, 5.74) is 2.08. The van der Waals surface area contributed by atoms with Gasteiger partial charge in [-0.1, -0.05) is 31.4 Å². The predicted molar refractivity (Wildman–Crippen MR) is 83.5 cm³/mol. The zero-order valence-electron chi connectivity index (χ0n) is 13.2.